The first-order valence-electron chi connectivity index (χ1n) is 18.6. The molecule has 2 N–H and O–H groups in total. The maximum absolute atomic E-state index is 13.5. The van der Waals surface area contributed by atoms with E-state index in [1.165, 1.54) is 35.6 Å². The molecule has 0 amide bonds. The molecule has 8 rings (SSSR count). The first-order valence-corrected chi connectivity index (χ1v) is 21.3. The zero-order valence-electron chi connectivity index (χ0n) is 31.4. The number of hydrogen-bond acceptors (Lipinski definition) is 7. The van der Waals surface area contributed by atoms with Crippen LogP contribution in [0.1, 0.15) is 26.4 Å². The maximum Gasteiger partial charge on any atom is 0.337 e. The van der Waals surface area contributed by atoms with E-state index in [2.05, 4.69) is 53.3 Å². The van der Waals surface area contributed by atoms with Crippen molar-refractivity contribution in [2.24, 2.45) is 0 Å². The molecule has 8 aromatic rings. The van der Waals surface area contributed by atoms with Crippen molar-refractivity contribution in [1.29, 1.82) is 0 Å². The second-order valence-electron chi connectivity index (χ2n) is 13.5. The highest BCUT2D eigenvalue weighted by Gasteiger charge is 2.25. The Morgan fingerprint density at radius 2 is 1.14 bits per heavy atom. The average molecular weight is 838 g/mol. The van der Waals surface area contributed by atoms with Crippen molar-refractivity contribution in [3.05, 3.63) is 196 Å². The summed E-state index contributed by atoms with van der Waals surface area (Å²) in [6.45, 7) is 0.320. The topological polar surface area (TPSA) is 111 Å². The molecule has 1 heterocycles. The molecule has 0 fully saturated rings. The van der Waals surface area contributed by atoms with Crippen LogP contribution in [0.25, 0.3) is 32.3 Å². The molecule has 0 aliphatic rings. The second kappa shape index (κ2) is 17.6. The van der Waals surface area contributed by atoms with Gasteiger partial charge in [0.05, 0.1) is 15.3 Å². The molecule has 0 saturated carbocycles. The fourth-order valence-electron chi connectivity index (χ4n) is 6.49. The Morgan fingerprint density at radius 3 is 1.69 bits per heavy atom. The van der Waals surface area contributed by atoms with Gasteiger partial charge in [0.1, 0.15) is 19.0 Å². The number of aromatic carboxylic acids is 1. The Labute approximate surface area is 350 Å². The van der Waals surface area contributed by atoms with Crippen LogP contribution in [0.5, 0.6) is 23.0 Å². The molecule has 7 aromatic carbocycles. The van der Waals surface area contributed by atoms with Gasteiger partial charge in [0.25, 0.3) is 0 Å². The predicted octanol–water partition coefficient (Wildman–Crippen LogP) is 12.0. The number of carbonyl (C=O) groups is 1. The van der Waals surface area contributed by atoms with Gasteiger partial charge in [0, 0.05) is 27.7 Å². The van der Waals surface area contributed by atoms with E-state index in [0.29, 0.717) is 38.3 Å². The first-order chi connectivity index (χ1) is 28.7. The van der Waals surface area contributed by atoms with Crippen LogP contribution in [0.15, 0.2) is 175 Å². The molecule has 0 saturated heterocycles. The van der Waals surface area contributed by atoms with Crippen molar-refractivity contribution in [2.75, 3.05) is 0 Å². The smallest absolute Gasteiger partial charge is 0.337 e. The number of ether oxygens (including phenoxy) is 3. The lowest BCUT2D eigenvalue weighted by Gasteiger charge is -2.15. The van der Waals surface area contributed by atoms with Gasteiger partial charge in [-0.15, -0.1) is 11.3 Å². The zero-order valence-corrected chi connectivity index (χ0v) is 33.8. The van der Waals surface area contributed by atoms with Crippen LogP contribution < -0.4 is 18.9 Å². The van der Waals surface area contributed by atoms with Gasteiger partial charge in [-0.25, -0.2) is 17.9 Å². The third-order valence-electron chi connectivity index (χ3n) is 9.55. The van der Waals surface area contributed by atoms with Crippen LogP contribution in [-0.2, 0) is 29.8 Å². The summed E-state index contributed by atoms with van der Waals surface area (Å²) in [5, 5.41) is 10.9. The highest BCUT2D eigenvalue weighted by atomic mass is 35.5. The molecule has 0 aliphatic carbocycles. The minimum Gasteiger partial charge on any atom is -0.485 e. The van der Waals surface area contributed by atoms with Gasteiger partial charge in [0.15, 0.2) is 17.2 Å². The van der Waals surface area contributed by atoms with Crippen LogP contribution in [-0.4, -0.2) is 19.5 Å². The van der Waals surface area contributed by atoms with Gasteiger partial charge < -0.3 is 19.3 Å². The molecule has 0 unspecified atom stereocenters. The number of benzene rings is 7. The molecule has 0 spiro atoms. The highest BCUT2D eigenvalue weighted by Crippen LogP contribution is 2.46. The Morgan fingerprint density at radius 1 is 0.627 bits per heavy atom. The summed E-state index contributed by atoms with van der Waals surface area (Å²) in [7, 11) is -4.25. The average Bonchev–Trinajstić information content (AvgIpc) is 3.61. The Bertz CT molecular complexity index is 2830. The molecule has 294 valence electrons. The Balaban J connectivity index is 1.14. The number of fused-ring (bicyclic) bond motifs is 1. The number of carboxylic acid groups (broad SMARTS) is 1. The van der Waals surface area contributed by atoms with Crippen LogP contribution >= 0.6 is 22.9 Å². The molecular weight excluding hydrogens is 802 g/mol. The fourth-order valence-corrected chi connectivity index (χ4v) is 8.98. The summed E-state index contributed by atoms with van der Waals surface area (Å²) in [5.41, 5.74) is 6.01. The van der Waals surface area contributed by atoms with E-state index in [1.807, 2.05) is 72.8 Å². The van der Waals surface area contributed by atoms with E-state index in [1.54, 1.807) is 24.3 Å². The monoisotopic (exact) mass is 837 g/mol. The maximum atomic E-state index is 13.5. The summed E-state index contributed by atoms with van der Waals surface area (Å²) in [6, 6.07) is 52.7. The Kier molecular flexibility index (Phi) is 11.8. The van der Waals surface area contributed by atoms with Crippen molar-refractivity contribution >= 4 is 49.0 Å². The van der Waals surface area contributed by atoms with Gasteiger partial charge in [-0.3, -0.25) is 0 Å². The number of thiophene rings is 1. The molecule has 1 aromatic heterocycles. The summed E-state index contributed by atoms with van der Waals surface area (Å²) in [4.78, 5) is 12.1. The number of carboxylic acids is 1. The van der Waals surface area contributed by atoms with Crippen molar-refractivity contribution in [2.45, 2.75) is 24.7 Å². The lowest BCUT2D eigenvalue weighted by molar-refractivity contribution is 0.0692. The van der Waals surface area contributed by atoms with Crippen molar-refractivity contribution in [3.8, 4) is 45.3 Å². The molecule has 8 nitrogen and oxygen atoms in total. The largest absolute Gasteiger partial charge is 0.485 e. The number of nitrogens with one attached hydrogen (secondary N) is 1. The standard InChI is InChI=1S/C48H36ClNO7S2/c49-38-23-25-39(26-24-38)57-47-41-27-42(55-30-32-15-19-36(20-16-32)34-9-3-1-4-10-34)43(56-31-33-17-21-37(22-18-33)35-11-5-2-6-12-35)28-44(41)58-45(47)29-50-59(53,54)46-14-8-7-13-40(46)48(51)52/h1-28,50H,29-31H2,(H,51,52). The first kappa shape index (κ1) is 39.4. The number of sulfonamides is 1. The predicted molar refractivity (Wildman–Crippen MR) is 233 cm³/mol. The van der Waals surface area contributed by atoms with Gasteiger partial charge >= 0.3 is 5.97 Å². The van der Waals surface area contributed by atoms with Crippen molar-refractivity contribution in [3.63, 3.8) is 0 Å². The van der Waals surface area contributed by atoms with Crippen LogP contribution in [0.3, 0.4) is 0 Å². The molecule has 0 radical (unpaired) electrons. The third kappa shape index (κ3) is 9.33. The van der Waals surface area contributed by atoms with Gasteiger partial charge in [0.2, 0.25) is 10.0 Å². The molecule has 0 aliphatic heterocycles. The minimum absolute atomic E-state index is 0.188. The SMILES string of the molecule is O=C(O)c1ccccc1S(=O)(=O)NCc1sc2cc(OCc3ccc(-c4ccccc4)cc3)c(OCc3ccc(-c4ccccc4)cc3)cc2c1Oc1ccc(Cl)cc1. The van der Waals surface area contributed by atoms with E-state index in [9.17, 15) is 18.3 Å². The third-order valence-corrected chi connectivity index (χ3v) is 12.4. The summed E-state index contributed by atoms with van der Waals surface area (Å²) < 4.78 is 49.9. The van der Waals surface area contributed by atoms with E-state index >= 15 is 0 Å². The number of hydrogen-bond donors (Lipinski definition) is 2. The summed E-state index contributed by atoms with van der Waals surface area (Å²) in [6.07, 6.45) is 0. The summed E-state index contributed by atoms with van der Waals surface area (Å²) >= 11 is 7.50. The zero-order chi connectivity index (χ0) is 40.8. The van der Waals surface area contributed by atoms with E-state index in [0.717, 1.165) is 38.1 Å². The van der Waals surface area contributed by atoms with Crippen molar-refractivity contribution in [1.82, 2.24) is 4.72 Å². The van der Waals surface area contributed by atoms with Gasteiger partial charge in [-0.2, -0.15) is 0 Å². The Hall–Kier alpha value is -6.43. The quantitative estimate of drug-likeness (QED) is 0.106. The van der Waals surface area contributed by atoms with Crippen LogP contribution in [0, 0.1) is 0 Å². The number of rotatable bonds is 15. The van der Waals surface area contributed by atoms with E-state index in [4.69, 9.17) is 25.8 Å². The van der Waals surface area contributed by atoms with Crippen molar-refractivity contribution < 1.29 is 32.5 Å². The highest BCUT2D eigenvalue weighted by molar-refractivity contribution is 7.89. The van der Waals surface area contributed by atoms with E-state index < -0.39 is 16.0 Å². The lowest BCUT2D eigenvalue weighted by Crippen LogP contribution is -2.25. The molecule has 0 bridgehead atoms. The lowest BCUT2D eigenvalue weighted by atomic mass is 10.0. The van der Waals surface area contributed by atoms with Crippen LogP contribution in [0.4, 0.5) is 0 Å². The van der Waals surface area contributed by atoms with Gasteiger partial charge in [-0.05, 0) is 75.8 Å². The fraction of sp³-hybridized carbons (Fsp3) is 0.0625. The molecular formula is C48H36ClNO7S2. The molecule has 11 heteroatoms. The minimum atomic E-state index is -4.25. The van der Waals surface area contributed by atoms with E-state index in [-0.39, 0.29) is 30.2 Å². The second-order valence-corrected chi connectivity index (χ2v) is 16.8. The number of halogens is 1. The summed E-state index contributed by atoms with van der Waals surface area (Å²) in [5.74, 6) is 0.495. The van der Waals surface area contributed by atoms with Gasteiger partial charge in [-0.1, -0.05) is 133 Å². The molecule has 59 heavy (non-hydrogen) atoms. The molecule has 0 atom stereocenters. The van der Waals surface area contributed by atoms with Crippen LogP contribution in [0.2, 0.25) is 5.02 Å². The normalized spacial score (nSPS) is 11.3.